The summed E-state index contributed by atoms with van der Waals surface area (Å²) in [6.45, 7) is 6.71. The summed E-state index contributed by atoms with van der Waals surface area (Å²) < 4.78 is 1.52. The minimum atomic E-state index is -1.06. The van der Waals surface area contributed by atoms with Gasteiger partial charge in [-0.05, 0) is 32.9 Å². The van der Waals surface area contributed by atoms with Crippen LogP contribution < -0.4 is 4.90 Å². The molecule has 1 amide bonds. The Morgan fingerprint density at radius 3 is 2.57 bits per heavy atom. The fourth-order valence-electron chi connectivity index (χ4n) is 2.84. The summed E-state index contributed by atoms with van der Waals surface area (Å²) in [7, 11) is 1.85. The molecule has 10 heteroatoms. The second kappa shape index (κ2) is 8.95. The van der Waals surface area contributed by atoms with Gasteiger partial charge in [0, 0.05) is 57.7 Å². The first-order valence-electron chi connectivity index (χ1n) is 9.68. The van der Waals surface area contributed by atoms with Crippen molar-refractivity contribution in [2.24, 2.45) is 0 Å². The SMILES string of the molecule is CCN(CCN(C)c1nccc(C(C)(C)O)n1)C(=O)c1nccnc1-n1cccn1. The van der Waals surface area contributed by atoms with Crippen LogP contribution in [0, 0.1) is 0 Å². The monoisotopic (exact) mass is 410 g/mol. The molecule has 3 rings (SSSR count). The molecule has 0 aromatic carbocycles. The molecule has 0 aliphatic heterocycles. The van der Waals surface area contributed by atoms with Gasteiger partial charge in [-0.25, -0.2) is 24.6 Å². The van der Waals surface area contributed by atoms with E-state index in [1.807, 2.05) is 18.9 Å². The Morgan fingerprint density at radius 1 is 1.13 bits per heavy atom. The Morgan fingerprint density at radius 2 is 1.90 bits per heavy atom. The van der Waals surface area contributed by atoms with Gasteiger partial charge in [-0.2, -0.15) is 5.10 Å². The zero-order chi connectivity index (χ0) is 21.7. The van der Waals surface area contributed by atoms with Gasteiger partial charge in [-0.15, -0.1) is 0 Å². The lowest BCUT2D eigenvalue weighted by Gasteiger charge is -2.25. The number of aliphatic hydroxyl groups is 1. The second-order valence-electron chi connectivity index (χ2n) is 7.29. The lowest BCUT2D eigenvalue weighted by molar-refractivity contribution is 0.0737. The van der Waals surface area contributed by atoms with Crippen molar-refractivity contribution in [3.8, 4) is 5.82 Å². The van der Waals surface area contributed by atoms with Crippen LogP contribution in [0.1, 0.15) is 37.0 Å². The highest BCUT2D eigenvalue weighted by Gasteiger charge is 2.23. The molecule has 0 aliphatic carbocycles. The summed E-state index contributed by atoms with van der Waals surface area (Å²) >= 11 is 0. The minimum Gasteiger partial charge on any atom is -0.384 e. The number of amides is 1. The highest BCUT2D eigenvalue weighted by molar-refractivity contribution is 5.95. The molecule has 3 aromatic rings. The number of hydrogen-bond donors (Lipinski definition) is 1. The average molecular weight is 410 g/mol. The summed E-state index contributed by atoms with van der Waals surface area (Å²) in [5, 5.41) is 14.3. The maximum Gasteiger partial charge on any atom is 0.276 e. The van der Waals surface area contributed by atoms with Crippen molar-refractivity contribution < 1.29 is 9.90 Å². The first kappa shape index (κ1) is 21.3. The molecule has 0 spiro atoms. The summed E-state index contributed by atoms with van der Waals surface area (Å²) in [5.41, 5.74) is -0.282. The zero-order valence-electron chi connectivity index (χ0n) is 17.6. The number of carbonyl (C=O) groups excluding carboxylic acids is 1. The highest BCUT2D eigenvalue weighted by atomic mass is 16.3. The standard InChI is InChI=1S/C20H26N8O2/c1-5-27(14-13-26(4)19-23-9-7-15(25-19)20(2,3)30)18(29)16-17(22-11-10-21-16)28-12-6-8-24-28/h6-12,30H,5,13-14H2,1-4H3. The van der Waals surface area contributed by atoms with E-state index >= 15 is 0 Å². The normalized spacial score (nSPS) is 11.4. The molecule has 0 saturated heterocycles. The van der Waals surface area contributed by atoms with Crippen molar-refractivity contribution >= 4 is 11.9 Å². The number of hydrogen-bond acceptors (Lipinski definition) is 8. The lowest BCUT2D eigenvalue weighted by Crippen LogP contribution is -2.39. The Balaban J connectivity index is 1.73. The van der Waals surface area contributed by atoms with E-state index in [-0.39, 0.29) is 11.6 Å². The van der Waals surface area contributed by atoms with Gasteiger partial charge in [0.2, 0.25) is 5.95 Å². The molecule has 3 heterocycles. The third-order valence-electron chi connectivity index (χ3n) is 4.59. The van der Waals surface area contributed by atoms with E-state index in [1.165, 1.54) is 17.1 Å². The van der Waals surface area contributed by atoms with Crippen LogP contribution in [-0.4, -0.2) is 72.3 Å². The molecule has 0 aliphatic rings. The number of likely N-dealkylation sites (N-methyl/N-ethyl adjacent to an activating group) is 2. The smallest absolute Gasteiger partial charge is 0.276 e. The second-order valence-corrected chi connectivity index (χ2v) is 7.29. The molecule has 0 fully saturated rings. The van der Waals surface area contributed by atoms with Gasteiger partial charge in [-0.3, -0.25) is 4.79 Å². The molecule has 0 radical (unpaired) electrons. The predicted octanol–water partition coefficient (Wildman–Crippen LogP) is 1.28. The van der Waals surface area contributed by atoms with E-state index in [4.69, 9.17) is 0 Å². The molecule has 0 saturated carbocycles. The van der Waals surface area contributed by atoms with Crippen LogP contribution in [-0.2, 0) is 5.60 Å². The number of nitrogens with zero attached hydrogens (tertiary/aromatic N) is 8. The van der Waals surface area contributed by atoms with Gasteiger partial charge in [0.1, 0.15) is 5.60 Å². The third-order valence-corrected chi connectivity index (χ3v) is 4.59. The van der Waals surface area contributed by atoms with Gasteiger partial charge >= 0.3 is 0 Å². The van der Waals surface area contributed by atoms with E-state index in [9.17, 15) is 9.90 Å². The van der Waals surface area contributed by atoms with Crippen LogP contribution in [0.3, 0.4) is 0 Å². The van der Waals surface area contributed by atoms with E-state index in [2.05, 4.69) is 25.0 Å². The zero-order valence-corrected chi connectivity index (χ0v) is 17.6. The van der Waals surface area contributed by atoms with Crippen molar-refractivity contribution in [2.45, 2.75) is 26.4 Å². The van der Waals surface area contributed by atoms with E-state index in [0.717, 1.165) is 0 Å². The first-order valence-corrected chi connectivity index (χ1v) is 9.68. The maximum atomic E-state index is 13.1. The van der Waals surface area contributed by atoms with E-state index in [1.54, 1.807) is 49.5 Å². The molecule has 3 aromatic heterocycles. The molecule has 158 valence electrons. The predicted molar refractivity (Wildman–Crippen MR) is 111 cm³/mol. The van der Waals surface area contributed by atoms with Crippen LogP contribution in [0.2, 0.25) is 0 Å². The Bertz CT molecular complexity index is 984. The van der Waals surface area contributed by atoms with Crippen LogP contribution in [0.4, 0.5) is 5.95 Å². The van der Waals surface area contributed by atoms with Crippen molar-refractivity contribution in [3.63, 3.8) is 0 Å². The molecule has 0 atom stereocenters. The summed E-state index contributed by atoms with van der Waals surface area (Å²) in [6, 6.07) is 3.45. The van der Waals surface area contributed by atoms with E-state index < -0.39 is 5.60 Å². The number of anilines is 1. The molecular formula is C20H26N8O2. The largest absolute Gasteiger partial charge is 0.384 e. The fraction of sp³-hybridized carbons (Fsp3) is 0.400. The van der Waals surface area contributed by atoms with Crippen molar-refractivity contribution in [2.75, 3.05) is 31.6 Å². The highest BCUT2D eigenvalue weighted by Crippen LogP contribution is 2.18. The Labute approximate surface area is 175 Å². The summed E-state index contributed by atoms with van der Waals surface area (Å²) in [4.78, 5) is 33.9. The molecule has 1 N–H and O–H groups in total. The van der Waals surface area contributed by atoms with Gasteiger partial charge in [0.05, 0.1) is 5.69 Å². The quantitative estimate of drug-likeness (QED) is 0.591. The van der Waals surface area contributed by atoms with Crippen molar-refractivity contribution in [1.82, 2.24) is 34.6 Å². The summed E-state index contributed by atoms with van der Waals surface area (Å²) in [6.07, 6.45) is 7.99. The van der Waals surface area contributed by atoms with Crippen molar-refractivity contribution in [3.05, 3.63) is 54.5 Å². The fourth-order valence-corrected chi connectivity index (χ4v) is 2.84. The minimum absolute atomic E-state index is 0.226. The Hall–Kier alpha value is -3.40. The Kier molecular flexibility index (Phi) is 6.36. The molecule has 10 nitrogen and oxygen atoms in total. The molecular weight excluding hydrogens is 384 g/mol. The van der Waals surface area contributed by atoms with Crippen LogP contribution in [0.5, 0.6) is 0 Å². The molecule has 0 unspecified atom stereocenters. The maximum absolute atomic E-state index is 13.1. The van der Waals surface area contributed by atoms with Crippen LogP contribution >= 0.6 is 0 Å². The van der Waals surface area contributed by atoms with Gasteiger partial charge in [0.15, 0.2) is 11.5 Å². The van der Waals surface area contributed by atoms with Crippen LogP contribution in [0.25, 0.3) is 5.82 Å². The first-order chi connectivity index (χ1) is 14.3. The number of rotatable bonds is 8. The van der Waals surface area contributed by atoms with Crippen molar-refractivity contribution in [1.29, 1.82) is 0 Å². The van der Waals surface area contributed by atoms with Gasteiger partial charge in [-0.1, -0.05) is 0 Å². The van der Waals surface area contributed by atoms with Gasteiger partial charge in [0.25, 0.3) is 5.91 Å². The van der Waals surface area contributed by atoms with E-state index in [0.29, 0.717) is 37.1 Å². The third kappa shape index (κ3) is 4.77. The average Bonchev–Trinajstić information content (AvgIpc) is 3.28. The van der Waals surface area contributed by atoms with Gasteiger partial charge < -0.3 is 14.9 Å². The topological polar surface area (TPSA) is 113 Å². The number of aromatic nitrogens is 6. The molecule has 30 heavy (non-hydrogen) atoms. The van der Waals surface area contributed by atoms with Crippen LogP contribution in [0.15, 0.2) is 43.1 Å². The number of carbonyl (C=O) groups is 1. The summed E-state index contributed by atoms with van der Waals surface area (Å²) in [5.74, 6) is 0.644. The lowest BCUT2D eigenvalue weighted by atomic mass is 10.1. The molecule has 0 bridgehead atoms.